The number of aliphatic hydroxyl groups is 1. The second kappa shape index (κ2) is 11.5. The normalized spacial score (nSPS) is 12.7. The van der Waals surface area contributed by atoms with E-state index >= 15 is 0 Å². The van der Waals surface area contributed by atoms with Crippen LogP contribution in [0, 0.1) is 0 Å². The fourth-order valence-corrected chi connectivity index (χ4v) is 4.03. The highest BCUT2D eigenvalue weighted by atomic mass is 16.3. The lowest BCUT2D eigenvalue weighted by molar-refractivity contribution is 0.0964. The molecule has 9 nitrogen and oxygen atoms in total. The van der Waals surface area contributed by atoms with Crippen LogP contribution in [0.3, 0.4) is 0 Å². The summed E-state index contributed by atoms with van der Waals surface area (Å²) in [5, 5.41) is 19.5. The number of rotatable bonds is 10. The first kappa shape index (κ1) is 25.0. The van der Waals surface area contributed by atoms with Crippen LogP contribution in [-0.4, -0.2) is 57.2 Å². The van der Waals surface area contributed by atoms with E-state index in [2.05, 4.69) is 42.8 Å². The number of carbonyl (C=O) groups is 1. The maximum Gasteiger partial charge on any atom is 0.251 e. The molecule has 4 aromatic rings. The van der Waals surface area contributed by atoms with Gasteiger partial charge in [0.1, 0.15) is 18.0 Å². The summed E-state index contributed by atoms with van der Waals surface area (Å²) in [5.41, 5.74) is 4.12. The van der Waals surface area contributed by atoms with Crippen molar-refractivity contribution < 1.29 is 9.90 Å². The van der Waals surface area contributed by atoms with Crippen molar-refractivity contribution in [3.63, 3.8) is 0 Å². The van der Waals surface area contributed by atoms with Crippen LogP contribution >= 0.6 is 0 Å². The van der Waals surface area contributed by atoms with E-state index in [1.807, 2.05) is 43.3 Å². The molecule has 1 amide bonds. The molecule has 2 atom stereocenters. The molecule has 4 N–H and O–H groups in total. The Morgan fingerprint density at radius 1 is 1.06 bits per heavy atom. The van der Waals surface area contributed by atoms with Gasteiger partial charge < -0.3 is 21.1 Å². The van der Waals surface area contributed by atoms with Crippen molar-refractivity contribution in [2.24, 2.45) is 0 Å². The van der Waals surface area contributed by atoms with Crippen LogP contribution in [-0.2, 0) is 0 Å². The molecule has 3 aromatic heterocycles. The second-order valence-corrected chi connectivity index (χ2v) is 8.62. The van der Waals surface area contributed by atoms with Crippen LogP contribution in [0.15, 0.2) is 61.2 Å². The molecular weight excluding hydrogens is 454 g/mol. The van der Waals surface area contributed by atoms with Crippen molar-refractivity contribution in [2.75, 3.05) is 30.8 Å². The van der Waals surface area contributed by atoms with Gasteiger partial charge >= 0.3 is 0 Å². The second-order valence-electron chi connectivity index (χ2n) is 8.62. The molecule has 1 unspecified atom stereocenters. The third-order valence-corrected chi connectivity index (χ3v) is 6.19. The van der Waals surface area contributed by atoms with Crippen LogP contribution in [0.4, 0.5) is 11.6 Å². The van der Waals surface area contributed by atoms with Gasteiger partial charge in [-0.05, 0) is 30.2 Å². The molecule has 0 aliphatic heterocycles. The molecule has 0 radical (unpaired) electrons. The molecule has 3 heterocycles. The van der Waals surface area contributed by atoms with Gasteiger partial charge in [0.05, 0.1) is 29.4 Å². The minimum absolute atomic E-state index is 0.0208. The van der Waals surface area contributed by atoms with E-state index in [0.717, 1.165) is 34.1 Å². The smallest absolute Gasteiger partial charge is 0.251 e. The number of pyridine rings is 2. The Kier molecular flexibility index (Phi) is 8.02. The van der Waals surface area contributed by atoms with Gasteiger partial charge in [-0.15, -0.1) is 0 Å². The summed E-state index contributed by atoms with van der Waals surface area (Å²) in [7, 11) is 1.63. The minimum atomic E-state index is -0.129. The van der Waals surface area contributed by atoms with Gasteiger partial charge in [-0.2, -0.15) is 0 Å². The maximum absolute atomic E-state index is 12.3. The molecule has 36 heavy (non-hydrogen) atoms. The predicted octanol–water partition coefficient (Wildman–Crippen LogP) is 3.84. The Labute approximate surface area is 210 Å². The number of amides is 1. The van der Waals surface area contributed by atoms with Crippen molar-refractivity contribution in [3.05, 3.63) is 72.3 Å². The Balaban J connectivity index is 1.47. The zero-order chi connectivity index (χ0) is 25.5. The summed E-state index contributed by atoms with van der Waals surface area (Å²) in [6, 6.07) is 13.4. The van der Waals surface area contributed by atoms with Crippen LogP contribution in [0.1, 0.15) is 42.1 Å². The Morgan fingerprint density at radius 3 is 2.64 bits per heavy atom. The van der Waals surface area contributed by atoms with E-state index in [1.165, 1.54) is 6.33 Å². The van der Waals surface area contributed by atoms with E-state index in [1.54, 1.807) is 25.5 Å². The van der Waals surface area contributed by atoms with Crippen molar-refractivity contribution in [1.82, 2.24) is 25.3 Å². The van der Waals surface area contributed by atoms with Gasteiger partial charge in [-0.1, -0.05) is 32.0 Å². The molecule has 0 spiro atoms. The highest BCUT2D eigenvalue weighted by Crippen LogP contribution is 2.27. The number of para-hydroxylation sites is 1. The average Bonchev–Trinajstić information content (AvgIpc) is 2.94. The summed E-state index contributed by atoms with van der Waals surface area (Å²) >= 11 is 0. The minimum Gasteiger partial charge on any atom is -0.394 e. The number of carbonyl (C=O) groups excluding carboxylic acids is 1. The molecule has 4 rings (SSSR count). The maximum atomic E-state index is 12.3. The van der Waals surface area contributed by atoms with Crippen LogP contribution in [0.5, 0.6) is 0 Å². The number of aromatic nitrogens is 4. The molecule has 9 heteroatoms. The lowest BCUT2D eigenvalue weighted by Crippen LogP contribution is -2.23. The summed E-state index contributed by atoms with van der Waals surface area (Å²) < 4.78 is 0. The molecule has 1 aromatic carbocycles. The number of hydrogen-bond donors (Lipinski definition) is 4. The largest absolute Gasteiger partial charge is 0.394 e. The van der Waals surface area contributed by atoms with E-state index in [0.29, 0.717) is 23.7 Å². The van der Waals surface area contributed by atoms with Crippen LogP contribution in [0.25, 0.3) is 22.2 Å². The predicted molar refractivity (Wildman–Crippen MR) is 142 cm³/mol. The Bertz CT molecular complexity index is 1320. The van der Waals surface area contributed by atoms with Crippen LogP contribution in [0.2, 0.25) is 0 Å². The number of aliphatic hydroxyl groups excluding tert-OH is 1. The standard InChI is InChI=1S/C27H31N7O2/c1-4-19(15-35)34-24-9-8-18(14-31-24)23-12-25(33-16-32-23)30-13-17(2)20-6-5-7-21-22(27(36)28-3)10-11-29-26(20)21/h5-12,14,16-17,19,35H,4,13,15H2,1-3H3,(H,28,36)(H,31,34)(H,30,32,33)/t17-,19?/m1/s1. The lowest BCUT2D eigenvalue weighted by Gasteiger charge is -2.16. The van der Waals surface area contributed by atoms with Gasteiger partial charge in [-0.3, -0.25) is 9.78 Å². The van der Waals surface area contributed by atoms with Crippen LogP contribution < -0.4 is 16.0 Å². The first-order valence-electron chi connectivity index (χ1n) is 12.0. The highest BCUT2D eigenvalue weighted by molar-refractivity contribution is 6.06. The lowest BCUT2D eigenvalue weighted by atomic mass is 9.96. The molecular formula is C27H31N7O2. The van der Waals surface area contributed by atoms with E-state index < -0.39 is 0 Å². The van der Waals surface area contributed by atoms with Gasteiger partial charge in [0.2, 0.25) is 0 Å². The number of hydrogen-bond acceptors (Lipinski definition) is 8. The number of nitrogens with one attached hydrogen (secondary N) is 3. The van der Waals surface area contributed by atoms with Gasteiger partial charge in [-0.25, -0.2) is 15.0 Å². The Morgan fingerprint density at radius 2 is 1.92 bits per heavy atom. The van der Waals surface area contributed by atoms with Gasteiger partial charge in [0.25, 0.3) is 5.91 Å². The van der Waals surface area contributed by atoms with Crippen molar-refractivity contribution in [1.29, 1.82) is 0 Å². The van der Waals surface area contributed by atoms with Crippen molar-refractivity contribution >= 4 is 28.4 Å². The van der Waals surface area contributed by atoms with Gasteiger partial charge in [0, 0.05) is 48.9 Å². The highest BCUT2D eigenvalue weighted by Gasteiger charge is 2.15. The zero-order valence-electron chi connectivity index (χ0n) is 20.7. The summed E-state index contributed by atoms with van der Waals surface area (Å²) in [5.74, 6) is 1.41. The molecule has 0 fully saturated rings. The van der Waals surface area contributed by atoms with E-state index in [9.17, 15) is 9.90 Å². The van der Waals surface area contributed by atoms with Crippen molar-refractivity contribution in [2.45, 2.75) is 32.2 Å². The number of fused-ring (bicyclic) bond motifs is 1. The fourth-order valence-electron chi connectivity index (χ4n) is 4.03. The SMILES string of the molecule is CCC(CO)Nc1ccc(-c2cc(NC[C@@H](C)c3cccc4c(C(=O)NC)ccnc34)ncn2)cn1. The Hall–Kier alpha value is -4.11. The molecule has 0 saturated heterocycles. The molecule has 186 valence electrons. The third-order valence-electron chi connectivity index (χ3n) is 6.19. The first-order chi connectivity index (χ1) is 17.5. The molecule has 0 saturated carbocycles. The molecule has 0 aliphatic rings. The van der Waals surface area contributed by atoms with E-state index in [4.69, 9.17) is 0 Å². The fraction of sp³-hybridized carbons (Fsp3) is 0.296. The summed E-state index contributed by atoms with van der Waals surface area (Å²) in [6.45, 7) is 4.81. The first-order valence-corrected chi connectivity index (χ1v) is 12.0. The number of anilines is 2. The topological polar surface area (TPSA) is 125 Å². The molecule has 0 bridgehead atoms. The third kappa shape index (κ3) is 5.58. The number of benzene rings is 1. The monoisotopic (exact) mass is 485 g/mol. The quantitative estimate of drug-likeness (QED) is 0.267. The van der Waals surface area contributed by atoms with E-state index in [-0.39, 0.29) is 24.5 Å². The average molecular weight is 486 g/mol. The number of nitrogens with zero attached hydrogens (tertiary/aromatic N) is 4. The summed E-state index contributed by atoms with van der Waals surface area (Å²) in [6.07, 6.45) is 5.77. The zero-order valence-corrected chi connectivity index (χ0v) is 20.7. The summed E-state index contributed by atoms with van der Waals surface area (Å²) in [4.78, 5) is 30.1. The van der Waals surface area contributed by atoms with Crippen molar-refractivity contribution in [3.8, 4) is 11.3 Å². The van der Waals surface area contributed by atoms with Gasteiger partial charge in [0.15, 0.2) is 0 Å². The molecule has 0 aliphatic carbocycles.